The number of carbonyl (C=O) groups is 1. The lowest BCUT2D eigenvalue weighted by atomic mass is 9.96. The van der Waals surface area contributed by atoms with Crippen molar-refractivity contribution < 1.29 is 4.79 Å². The molecular formula is C16H33N3O. The Hall–Kier alpha value is -0.610. The van der Waals surface area contributed by atoms with Gasteiger partial charge in [0.1, 0.15) is 0 Å². The maximum atomic E-state index is 12.5. The van der Waals surface area contributed by atoms with Crippen molar-refractivity contribution in [2.24, 2.45) is 5.92 Å². The average molecular weight is 283 g/mol. The van der Waals surface area contributed by atoms with Gasteiger partial charge in [-0.3, -0.25) is 9.69 Å². The molecular weight excluding hydrogens is 250 g/mol. The third-order valence-electron chi connectivity index (χ3n) is 4.44. The first-order valence-corrected chi connectivity index (χ1v) is 8.37. The van der Waals surface area contributed by atoms with E-state index in [9.17, 15) is 4.79 Å². The highest BCUT2D eigenvalue weighted by molar-refractivity contribution is 5.81. The summed E-state index contributed by atoms with van der Waals surface area (Å²) >= 11 is 0. The van der Waals surface area contributed by atoms with E-state index in [1.54, 1.807) is 0 Å². The van der Waals surface area contributed by atoms with Crippen molar-refractivity contribution in [1.29, 1.82) is 0 Å². The Labute approximate surface area is 124 Å². The van der Waals surface area contributed by atoms with Gasteiger partial charge in [-0.05, 0) is 65.6 Å². The summed E-state index contributed by atoms with van der Waals surface area (Å²) in [6.07, 6.45) is 3.60. The average Bonchev–Trinajstić information content (AvgIpc) is 2.48. The van der Waals surface area contributed by atoms with Crippen LogP contribution >= 0.6 is 0 Å². The first-order chi connectivity index (χ1) is 9.63. The molecule has 1 N–H and O–H groups in total. The van der Waals surface area contributed by atoms with Crippen molar-refractivity contribution in [3.63, 3.8) is 0 Å². The highest BCUT2D eigenvalue weighted by Gasteiger charge is 2.26. The number of amides is 1. The Morgan fingerprint density at radius 3 is 2.30 bits per heavy atom. The van der Waals surface area contributed by atoms with Crippen molar-refractivity contribution in [2.45, 2.75) is 53.0 Å². The molecule has 1 unspecified atom stereocenters. The van der Waals surface area contributed by atoms with Gasteiger partial charge in [0.05, 0.1) is 6.04 Å². The summed E-state index contributed by atoms with van der Waals surface area (Å²) in [7, 11) is 0. The van der Waals surface area contributed by atoms with Crippen molar-refractivity contribution in [1.82, 2.24) is 15.1 Å². The van der Waals surface area contributed by atoms with Gasteiger partial charge in [0.25, 0.3) is 0 Å². The van der Waals surface area contributed by atoms with Gasteiger partial charge in [0.15, 0.2) is 0 Å². The van der Waals surface area contributed by atoms with Crippen molar-refractivity contribution in [3.8, 4) is 0 Å². The third kappa shape index (κ3) is 5.06. The fourth-order valence-corrected chi connectivity index (χ4v) is 3.08. The van der Waals surface area contributed by atoms with Crippen LogP contribution in [0.15, 0.2) is 0 Å². The molecule has 1 aliphatic rings. The molecule has 1 saturated heterocycles. The monoisotopic (exact) mass is 283 g/mol. The molecule has 20 heavy (non-hydrogen) atoms. The lowest BCUT2D eigenvalue weighted by molar-refractivity contribution is -0.136. The normalized spacial score (nSPS) is 18.2. The molecule has 1 amide bonds. The summed E-state index contributed by atoms with van der Waals surface area (Å²) < 4.78 is 0. The lowest BCUT2D eigenvalue weighted by Crippen LogP contribution is -2.49. The number of rotatable bonds is 8. The second kappa shape index (κ2) is 9.35. The first kappa shape index (κ1) is 17.4. The van der Waals surface area contributed by atoms with Crippen LogP contribution < -0.4 is 5.32 Å². The van der Waals surface area contributed by atoms with E-state index in [2.05, 4.69) is 37.9 Å². The van der Waals surface area contributed by atoms with Crippen LogP contribution in [0.1, 0.15) is 47.0 Å². The van der Waals surface area contributed by atoms with Gasteiger partial charge < -0.3 is 10.2 Å². The molecule has 0 aromatic carbocycles. The molecule has 4 heteroatoms. The molecule has 1 fully saturated rings. The van der Waals surface area contributed by atoms with E-state index in [1.807, 2.05) is 4.90 Å². The second-order valence-electron chi connectivity index (χ2n) is 5.87. The van der Waals surface area contributed by atoms with Gasteiger partial charge in [-0.2, -0.15) is 0 Å². The van der Waals surface area contributed by atoms with Gasteiger partial charge in [-0.1, -0.05) is 6.92 Å². The minimum Gasteiger partial charge on any atom is -0.342 e. The summed E-state index contributed by atoms with van der Waals surface area (Å²) in [4.78, 5) is 16.9. The SMILES string of the molecule is CCCN(CC1CCNCC1)C(C)C(=O)N(CC)CC. The van der Waals surface area contributed by atoms with E-state index >= 15 is 0 Å². The Bertz CT molecular complexity index is 273. The van der Waals surface area contributed by atoms with Crippen LogP contribution in [0.3, 0.4) is 0 Å². The number of carbonyl (C=O) groups excluding carboxylic acids is 1. The zero-order valence-electron chi connectivity index (χ0n) is 13.8. The largest absolute Gasteiger partial charge is 0.342 e. The Kier molecular flexibility index (Phi) is 8.15. The molecule has 0 aliphatic carbocycles. The van der Waals surface area contributed by atoms with Gasteiger partial charge in [0, 0.05) is 19.6 Å². The molecule has 1 rings (SSSR count). The van der Waals surface area contributed by atoms with Crippen LogP contribution in [0, 0.1) is 5.92 Å². The van der Waals surface area contributed by atoms with Crippen LogP contribution in [-0.2, 0) is 4.79 Å². The smallest absolute Gasteiger partial charge is 0.239 e. The number of nitrogens with zero attached hydrogens (tertiary/aromatic N) is 2. The number of likely N-dealkylation sites (N-methyl/N-ethyl adjacent to an activating group) is 1. The first-order valence-electron chi connectivity index (χ1n) is 8.37. The molecule has 1 atom stereocenters. The van der Waals surface area contributed by atoms with Crippen LogP contribution in [0.2, 0.25) is 0 Å². The van der Waals surface area contributed by atoms with Crippen LogP contribution in [-0.4, -0.2) is 61.0 Å². The predicted octanol–water partition coefficient (Wildman–Crippen LogP) is 1.95. The van der Waals surface area contributed by atoms with Crippen molar-refractivity contribution in [2.75, 3.05) is 39.3 Å². The Morgan fingerprint density at radius 1 is 1.20 bits per heavy atom. The summed E-state index contributed by atoms with van der Waals surface area (Å²) in [5.74, 6) is 1.03. The van der Waals surface area contributed by atoms with E-state index in [4.69, 9.17) is 0 Å². The van der Waals surface area contributed by atoms with E-state index in [1.165, 1.54) is 12.8 Å². The zero-order chi connectivity index (χ0) is 15.0. The predicted molar refractivity (Wildman–Crippen MR) is 84.8 cm³/mol. The van der Waals surface area contributed by atoms with Crippen molar-refractivity contribution in [3.05, 3.63) is 0 Å². The zero-order valence-corrected chi connectivity index (χ0v) is 13.8. The van der Waals surface area contributed by atoms with Crippen molar-refractivity contribution >= 4 is 5.91 Å². The number of nitrogens with one attached hydrogen (secondary N) is 1. The molecule has 0 aromatic rings. The number of hydrogen-bond donors (Lipinski definition) is 1. The number of piperidine rings is 1. The highest BCUT2D eigenvalue weighted by atomic mass is 16.2. The topological polar surface area (TPSA) is 35.6 Å². The Balaban J connectivity index is 2.60. The molecule has 0 spiro atoms. The minimum absolute atomic E-state index is 0.0183. The third-order valence-corrected chi connectivity index (χ3v) is 4.44. The van der Waals surface area contributed by atoms with Gasteiger partial charge in [-0.25, -0.2) is 0 Å². The molecule has 0 saturated carbocycles. The highest BCUT2D eigenvalue weighted by Crippen LogP contribution is 2.16. The molecule has 4 nitrogen and oxygen atoms in total. The van der Waals surface area contributed by atoms with Gasteiger partial charge in [0.2, 0.25) is 5.91 Å². The summed E-state index contributed by atoms with van der Waals surface area (Å²) in [5, 5.41) is 3.41. The maximum absolute atomic E-state index is 12.5. The van der Waals surface area contributed by atoms with Gasteiger partial charge >= 0.3 is 0 Å². The van der Waals surface area contributed by atoms with Gasteiger partial charge in [-0.15, -0.1) is 0 Å². The molecule has 0 aromatic heterocycles. The van der Waals surface area contributed by atoms with E-state index in [0.29, 0.717) is 0 Å². The van der Waals surface area contributed by atoms with Crippen LogP contribution in [0.25, 0.3) is 0 Å². The second-order valence-corrected chi connectivity index (χ2v) is 5.87. The fraction of sp³-hybridized carbons (Fsp3) is 0.938. The molecule has 0 bridgehead atoms. The van der Waals surface area contributed by atoms with Crippen LogP contribution in [0.4, 0.5) is 0 Å². The van der Waals surface area contributed by atoms with E-state index < -0.39 is 0 Å². The summed E-state index contributed by atoms with van der Waals surface area (Å²) in [6, 6.07) is 0.0183. The van der Waals surface area contributed by atoms with E-state index in [-0.39, 0.29) is 11.9 Å². The standard InChI is InChI=1S/C16H33N3O/c1-5-12-19(13-15-8-10-17-11-9-15)14(4)16(20)18(6-2)7-3/h14-15,17H,5-13H2,1-4H3. The van der Waals surface area contributed by atoms with E-state index in [0.717, 1.165) is 51.6 Å². The maximum Gasteiger partial charge on any atom is 0.239 e. The quantitative estimate of drug-likeness (QED) is 0.739. The number of hydrogen-bond acceptors (Lipinski definition) is 3. The fourth-order valence-electron chi connectivity index (χ4n) is 3.08. The minimum atomic E-state index is 0.0183. The summed E-state index contributed by atoms with van der Waals surface area (Å²) in [6.45, 7) is 14.4. The lowest BCUT2D eigenvalue weighted by Gasteiger charge is -2.35. The molecule has 1 aliphatic heterocycles. The Morgan fingerprint density at radius 2 is 1.80 bits per heavy atom. The van der Waals surface area contributed by atoms with Crippen LogP contribution in [0.5, 0.6) is 0 Å². The molecule has 1 heterocycles. The molecule has 0 radical (unpaired) electrons. The summed E-state index contributed by atoms with van der Waals surface area (Å²) in [5.41, 5.74) is 0. The molecule has 118 valence electrons.